The number of aryl methyl sites for hydroxylation is 1. The van der Waals surface area contributed by atoms with E-state index in [2.05, 4.69) is 0 Å². The second kappa shape index (κ2) is 4.94. The molecular weight excluding hydrogens is 234 g/mol. The van der Waals surface area contributed by atoms with Crippen LogP contribution in [-0.2, 0) is 0 Å². The lowest BCUT2D eigenvalue weighted by Gasteiger charge is -2.29. The highest BCUT2D eigenvalue weighted by Crippen LogP contribution is 2.29. The van der Waals surface area contributed by atoms with Crippen LogP contribution in [0.4, 0.5) is 0 Å². The highest BCUT2D eigenvalue weighted by molar-refractivity contribution is 5.87. The molecule has 0 spiro atoms. The van der Waals surface area contributed by atoms with E-state index in [1.54, 1.807) is 6.92 Å². The summed E-state index contributed by atoms with van der Waals surface area (Å²) in [5.41, 5.74) is 0.130. The lowest BCUT2D eigenvalue weighted by atomic mass is 9.92. The number of nitrogens with zero attached hydrogens (tertiary/aromatic N) is 1. The molecule has 1 saturated carbocycles. The fourth-order valence-corrected chi connectivity index (χ4v) is 2.54. The number of aromatic carboxylic acids is 1. The van der Waals surface area contributed by atoms with Gasteiger partial charge in [-0.05, 0) is 32.6 Å². The Morgan fingerprint density at radius 3 is 2.50 bits per heavy atom. The van der Waals surface area contributed by atoms with Crippen LogP contribution in [0.2, 0.25) is 0 Å². The van der Waals surface area contributed by atoms with Gasteiger partial charge in [-0.3, -0.25) is 4.79 Å². The van der Waals surface area contributed by atoms with Gasteiger partial charge in [0.1, 0.15) is 5.56 Å². The average Bonchev–Trinajstić information content (AvgIpc) is 2.30. The molecule has 0 unspecified atom stereocenters. The molecule has 1 heterocycles. The van der Waals surface area contributed by atoms with E-state index in [4.69, 9.17) is 5.11 Å². The molecule has 0 saturated heterocycles. The van der Waals surface area contributed by atoms with Gasteiger partial charge >= 0.3 is 5.97 Å². The molecule has 5 heteroatoms. The minimum Gasteiger partial charge on any atom is -0.477 e. The quantitative estimate of drug-likeness (QED) is 0.831. The number of rotatable bonds is 2. The van der Waals surface area contributed by atoms with Crippen molar-refractivity contribution < 1.29 is 15.0 Å². The van der Waals surface area contributed by atoms with Gasteiger partial charge in [0.2, 0.25) is 0 Å². The first kappa shape index (κ1) is 12.8. The molecule has 1 aromatic heterocycles. The summed E-state index contributed by atoms with van der Waals surface area (Å²) in [6.45, 7) is 1.80. The molecule has 0 bridgehead atoms. The van der Waals surface area contributed by atoms with Crippen LogP contribution in [0.1, 0.15) is 47.8 Å². The Balaban J connectivity index is 2.35. The van der Waals surface area contributed by atoms with Gasteiger partial charge in [0, 0.05) is 24.0 Å². The maximum absolute atomic E-state index is 11.5. The lowest BCUT2D eigenvalue weighted by molar-refractivity contribution is 0.0693. The molecule has 0 aromatic carbocycles. The standard InChI is InChI=1S/C13H17NO4/c1-8-6-12(16)11(13(17)18)7-14(8)9-2-4-10(15)5-3-9/h6-7,9-10,15H,2-5H2,1H3,(H,17,18). The third-order valence-corrected chi connectivity index (χ3v) is 3.57. The maximum atomic E-state index is 11.5. The molecule has 1 aliphatic carbocycles. The van der Waals surface area contributed by atoms with E-state index in [0.29, 0.717) is 0 Å². The van der Waals surface area contributed by atoms with Gasteiger partial charge in [-0.1, -0.05) is 0 Å². The van der Waals surface area contributed by atoms with Gasteiger partial charge in [-0.2, -0.15) is 0 Å². The number of aliphatic hydroxyl groups excluding tert-OH is 1. The Morgan fingerprint density at radius 2 is 1.94 bits per heavy atom. The molecule has 0 amide bonds. The summed E-state index contributed by atoms with van der Waals surface area (Å²) in [5, 5.41) is 18.4. The SMILES string of the molecule is Cc1cc(=O)c(C(=O)O)cn1C1CCC(O)CC1. The Kier molecular flexibility index (Phi) is 3.52. The summed E-state index contributed by atoms with van der Waals surface area (Å²) < 4.78 is 1.86. The van der Waals surface area contributed by atoms with E-state index in [1.807, 2.05) is 4.57 Å². The predicted molar refractivity (Wildman–Crippen MR) is 65.9 cm³/mol. The Bertz CT molecular complexity index is 512. The fourth-order valence-electron chi connectivity index (χ4n) is 2.54. The molecule has 5 nitrogen and oxygen atoms in total. The van der Waals surface area contributed by atoms with Crippen molar-refractivity contribution in [3.63, 3.8) is 0 Å². The van der Waals surface area contributed by atoms with Crippen LogP contribution >= 0.6 is 0 Å². The molecule has 0 aliphatic heterocycles. The summed E-state index contributed by atoms with van der Waals surface area (Å²) in [7, 11) is 0. The summed E-state index contributed by atoms with van der Waals surface area (Å²) in [4.78, 5) is 22.5. The number of aromatic nitrogens is 1. The van der Waals surface area contributed by atoms with Crippen molar-refractivity contribution in [3.05, 3.63) is 33.7 Å². The molecule has 0 atom stereocenters. The molecule has 2 rings (SSSR count). The smallest absolute Gasteiger partial charge is 0.341 e. The van der Waals surface area contributed by atoms with Crippen LogP contribution in [0.25, 0.3) is 0 Å². The van der Waals surface area contributed by atoms with Gasteiger partial charge in [0.25, 0.3) is 0 Å². The first-order chi connectivity index (χ1) is 8.49. The van der Waals surface area contributed by atoms with E-state index in [0.717, 1.165) is 31.4 Å². The predicted octanol–water partition coefficient (Wildman–Crippen LogP) is 1.33. The molecule has 1 aromatic rings. The largest absolute Gasteiger partial charge is 0.477 e. The van der Waals surface area contributed by atoms with Crippen LogP contribution in [0.3, 0.4) is 0 Å². The second-order valence-electron chi connectivity index (χ2n) is 4.87. The molecule has 1 fully saturated rings. The average molecular weight is 251 g/mol. The summed E-state index contributed by atoms with van der Waals surface area (Å²) in [6.07, 6.45) is 4.24. The van der Waals surface area contributed by atoms with E-state index in [-0.39, 0.29) is 17.7 Å². The highest BCUT2D eigenvalue weighted by atomic mass is 16.4. The molecule has 18 heavy (non-hydrogen) atoms. The molecule has 1 aliphatic rings. The Morgan fingerprint density at radius 1 is 1.33 bits per heavy atom. The third kappa shape index (κ3) is 2.46. The zero-order valence-corrected chi connectivity index (χ0v) is 10.3. The molecule has 2 N–H and O–H groups in total. The number of carbonyl (C=O) groups is 1. The number of carboxylic acids is 1. The molecular formula is C13H17NO4. The minimum atomic E-state index is -1.19. The Hall–Kier alpha value is -1.62. The van der Waals surface area contributed by atoms with E-state index < -0.39 is 11.4 Å². The van der Waals surface area contributed by atoms with Crippen molar-refractivity contribution >= 4 is 5.97 Å². The van der Waals surface area contributed by atoms with Gasteiger partial charge in [-0.15, -0.1) is 0 Å². The van der Waals surface area contributed by atoms with Crippen molar-refractivity contribution in [1.29, 1.82) is 0 Å². The normalized spacial score (nSPS) is 23.9. The van der Waals surface area contributed by atoms with Crippen LogP contribution < -0.4 is 5.43 Å². The zero-order chi connectivity index (χ0) is 13.3. The van der Waals surface area contributed by atoms with Gasteiger partial charge in [0.15, 0.2) is 5.43 Å². The monoisotopic (exact) mass is 251 g/mol. The summed E-state index contributed by atoms with van der Waals surface area (Å²) in [5.74, 6) is -1.19. The number of hydrogen-bond donors (Lipinski definition) is 2. The molecule has 98 valence electrons. The van der Waals surface area contributed by atoms with E-state index in [1.165, 1.54) is 12.3 Å². The van der Waals surface area contributed by atoms with Crippen LogP contribution in [0, 0.1) is 6.92 Å². The van der Waals surface area contributed by atoms with Crippen LogP contribution in [0.15, 0.2) is 17.1 Å². The molecule has 0 radical (unpaired) electrons. The summed E-state index contributed by atoms with van der Waals surface area (Å²) >= 11 is 0. The van der Waals surface area contributed by atoms with Crippen LogP contribution in [-0.4, -0.2) is 26.9 Å². The Labute approximate surface area is 105 Å². The maximum Gasteiger partial charge on any atom is 0.341 e. The third-order valence-electron chi connectivity index (χ3n) is 3.57. The minimum absolute atomic E-state index is 0.173. The lowest BCUT2D eigenvalue weighted by Crippen LogP contribution is -2.25. The van der Waals surface area contributed by atoms with Crippen molar-refractivity contribution in [1.82, 2.24) is 4.57 Å². The van der Waals surface area contributed by atoms with E-state index in [9.17, 15) is 14.7 Å². The highest BCUT2D eigenvalue weighted by Gasteiger charge is 2.22. The van der Waals surface area contributed by atoms with Gasteiger partial charge in [0.05, 0.1) is 6.10 Å². The van der Waals surface area contributed by atoms with Crippen molar-refractivity contribution in [3.8, 4) is 0 Å². The number of hydrogen-bond acceptors (Lipinski definition) is 3. The van der Waals surface area contributed by atoms with Crippen molar-refractivity contribution in [2.75, 3.05) is 0 Å². The zero-order valence-electron chi connectivity index (χ0n) is 10.3. The fraction of sp³-hybridized carbons (Fsp3) is 0.538. The van der Waals surface area contributed by atoms with E-state index >= 15 is 0 Å². The number of pyridine rings is 1. The number of aliphatic hydroxyl groups is 1. The second-order valence-corrected chi connectivity index (χ2v) is 4.87. The van der Waals surface area contributed by atoms with Crippen molar-refractivity contribution in [2.24, 2.45) is 0 Å². The van der Waals surface area contributed by atoms with Crippen molar-refractivity contribution in [2.45, 2.75) is 44.8 Å². The first-order valence-electron chi connectivity index (χ1n) is 6.13. The van der Waals surface area contributed by atoms with Crippen LogP contribution in [0.5, 0.6) is 0 Å². The summed E-state index contributed by atoms with van der Waals surface area (Å²) in [6, 6.07) is 1.54. The van der Waals surface area contributed by atoms with Gasteiger partial charge < -0.3 is 14.8 Å². The first-order valence-corrected chi connectivity index (χ1v) is 6.13. The number of carboxylic acid groups (broad SMARTS) is 1. The topological polar surface area (TPSA) is 79.5 Å². The van der Waals surface area contributed by atoms with Gasteiger partial charge in [-0.25, -0.2) is 4.79 Å².